The van der Waals surface area contributed by atoms with Gasteiger partial charge in [-0.05, 0) is 43.0 Å². The first-order valence-electron chi connectivity index (χ1n) is 8.81. The topological polar surface area (TPSA) is 101 Å². The Morgan fingerprint density at radius 3 is 2.30 bits per heavy atom. The molecule has 10 heteroatoms. The van der Waals surface area contributed by atoms with Gasteiger partial charge in [0.25, 0.3) is 0 Å². The van der Waals surface area contributed by atoms with Gasteiger partial charge in [-0.15, -0.1) is 0 Å². The number of halogens is 3. The Bertz CT molecular complexity index is 730. The van der Waals surface area contributed by atoms with Crippen molar-refractivity contribution in [1.29, 1.82) is 0 Å². The third kappa shape index (κ3) is 6.78. The largest absolute Gasteiger partial charge is 0.390 e. The number of carbonyl (C=O) groups excluding carboxylic acids is 1. The van der Waals surface area contributed by atoms with E-state index in [4.69, 9.17) is 5.73 Å². The van der Waals surface area contributed by atoms with Crippen LogP contribution in [0.5, 0.6) is 0 Å². The molecule has 1 aliphatic carbocycles. The van der Waals surface area contributed by atoms with Gasteiger partial charge < -0.3 is 11.1 Å². The van der Waals surface area contributed by atoms with E-state index in [1.807, 2.05) is 4.72 Å². The number of hydrogen-bond donors (Lipinski definition) is 3. The zero-order valence-corrected chi connectivity index (χ0v) is 15.6. The number of amides is 1. The minimum atomic E-state index is -4.44. The second-order valence-electron chi connectivity index (χ2n) is 6.70. The SMILES string of the molecule is N[C@H](C(=O)Nc1ccc(S(=O)(=O)NCCC(F)(F)F)cc1)C1CCCCC1. The molecule has 27 heavy (non-hydrogen) atoms. The van der Waals surface area contributed by atoms with Crippen molar-refractivity contribution in [1.82, 2.24) is 4.72 Å². The maximum absolute atomic E-state index is 12.3. The number of hydrogen-bond acceptors (Lipinski definition) is 4. The van der Waals surface area contributed by atoms with Gasteiger partial charge in [0.15, 0.2) is 0 Å². The summed E-state index contributed by atoms with van der Waals surface area (Å²) in [6.07, 6.45) is -0.602. The van der Waals surface area contributed by atoms with Crippen LogP contribution in [0.1, 0.15) is 38.5 Å². The van der Waals surface area contributed by atoms with Crippen LogP contribution in [0.4, 0.5) is 18.9 Å². The number of anilines is 1. The molecule has 2 rings (SSSR count). The van der Waals surface area contributed by atoms with E-state index in [2.05, 4.69) is 5.32 Å². The molecule has 0 aromatic heterocycles. The van der Waals surface area contributed by atoms with Crippen molar-refractivity contribution < 1.29 is 26.4 Å². The minimum Gasteiger partial charge on any atom is -0.325 e. The molecule has 4 N–H and O–H groups in total. The molecule has 1 fully saturated rings. The fourth-order valence-electron chi connectivity index (χ4n) is 3.06. The van der Waals surface area contributed by atoms with Crippen molar-refractivity contribution in [2.75, 3.05) is 11.9 Å². The Kier molecular flexibility index (Phi) is 7.24. The summed E-state index contributed by atoms with van der Waals surface area (Å²) in [5.74, 6) is -0.197. The predicted octanol–water partition coefficient (Wildman–Crippen LogP) is 2.76. The van der Waals surface area contributed by atoms with Crippen molar-refractivity contribution in [3.63, 3.8) is 0 Å². The lowest BCUT2D eigenvalue weighted by molar-refractivity contribution is -0.132. The van der Waals surface area contributed by atoms with Gasteiger partial charge in [-0.2, -0.15) is 13.2 Å². The van der Waals surface area contributed by atoms with Gasteiger partial charge in [0.2, 0.25) is 15.9 Å². The summed E-state index contributed by atoms with van der Waals surface area (Å²) < 4.78 is 62.2. The van der Waals surface area contributed by atoms with Crippen molar-refractivity contribution in [3.8, 4) is 0 Å². The third-order valence-corrected chi connectivity index (χ3v) is 6.07. The highest BCUT2D eigenvalue weighted by Gasteiger charge is 2.28. The smallest absolute Gasteiger partial charge is 0.325 e. The zero-order chi connectivity index (χ0) is 20.1. The van der Waals surface area contributed by atoms with E-state index in [1.54, 1.807) is 0 Å². The molecule has 6 nitrogen and oxygen atoms in total. The Balaban J connectivity index is 1.92. The highest BCUT2D eigenvalue weighted by Crippen LogP contribution is 2.26. The molecule has 0 radical (unpaired) electrons. The lowest BCUT2D eigenvalue weighted by Gasteiger charge is -2.26. The van der Waals surface area contributed by atoms with Crippen molar-refractivity contribution in [2.24, 2.45) is 11.7 Å². The third-order valence-electron chi connectivity index (χ3n) is 4.59. The minimum absolute atomic E-state index is 0.135. The lowest BCUT2D eigenvalue weighted by Crippen LogP contribution is -2.42. The average molecular weight is 407 g/mol. The number of carbonyl (C=O) groups is 1. The molecule has 0 bridgehead atoms. The molecule has 0 unspecified atom stereocenters. The Labute approximate surface area is 156 Å². The van der Waals surface area contributed by atoms with Gasteiger partial charge in [0, 0.05) is 12.2 Å². The summed E-state index contributed by atoms with van der Waals surface area (Å²) in [6.45, 7) is -0.736. The Morgan fingerprint density at radius 2 is 1.74 bits per heavy atom. The highest BCUT2D eigenvalue weighted by atomic mass is 32.2. The quantitative estimate of drug-likeness (QED) is 0.647. The first-order valence-corrected chi connectivity index (χ1v) is 10.3. The number of nitrogens with one attached hydrogen (secondary N) is 2. The monoisotopic (exact) mass is 407 g/mol. The number of rotatable bonds is 7. The van der Waals surface area contributed by atoms with E-state index in [0.717, 1.165) is 32.1 Å². The molecule has 1 amide bonds. The maximum Gasteiger partial charge on any atom is 0.390 e. The first kappa shape index (κ1) is 21.6. The molecule has 1 atom stereocenters. The van der Waals surface area contributed by atoms with Crippen LogP contribution < -0.4 is 15.8 Å². The maximum atomic E-state index is 12.3. The molecule has 1 aliphatic rings. The van der Waals surface area contributed by atoms with Crippen molar-refractivity contribution >= 4 is 21.6 Å². The molecule has 0 saturated heterocycles. The number of benzene rings is 1. The fraction of sp³-hybridized carbons (Fsp3) is 0.588. The van der Waals surface area contributed by atoms with Crippen LogP contribution in [0, 0.1) is 5.92 Å². The van der Waals surface area contributed by atoms with Crippen LogP contribution in [0.3, 0.4) is 0 Å². The Morgan fingerprint density at radius 1 is 1.15 bits per heavy atom. The second kappa shape index (κ2) is 9.03. The van der Waals surface area contributed by atoms with Crippen molar-refractivity contribution in [2.45, 2.75) is 55.6 Å². The van der Waals surface area contributed by atoms with Gasteiger partial charge in [-0.3, -0.25) is 4.79 Å². The summed E-state index contributed by atoms with van der Waals surface area (Å²) in [6, 6.07) is 4.57. The van der Waals surface area contributed by atoms with Crippen LogP contribution >= 0.6 is 0 Å². The summed E-state index contributed by atoms with van der Waals surface area (Å²) in [5, 5.41) is 2.65. The summed E-state index contributed by atoms with van der Waals surface area (Å²) in [7, 11) is -4.05. The first-order chi connectivity index (χ1) is 12.6. The average Bonchev–Trinajstić information content (AvgIpc) is 2.61. The van der Waals surface area contributed by atoms with Gasteiger partial charge in [0.05, 0.1) is 17.4 Å². The van der Waals surface area contributed by atoms with Crippen molar-refractivity contribution in [3.05, 3.63) is 24.3 Å². The van der Waals surface area contributed by atoms with E-state index < -0.39 is 35.2 Å². The molecular weight excluding hydrogens is 383 g/mol. The van der Waals surface area contributed by atoms with Crippen LogP contribution in [-0.2, 0) is 14.8 Å². The zero-order valence-electron chi connectivity index (χ0n) is 14.8. The molecule has 0 aliphatic heterocycles. The van der Waals surface area contributed by atoms with E-state index in [9.17, 15) is 26.4 Å². The summed E-state index contributed by atoms with van der Waals surface area (Å²) in [4.78, 5) is 12.1. The van der Waals surface area contributed by atoms with E-state index in [1.165, 1.54) is 24.3 Å². The summed E-state index contributed by atoms with van der Waals surface area (Å²) >= 11 is 0. The predicted molar refractivity (Wildman–Crippen MR) is 95.5 cm³/mol. The lowest BCUT2D eigenvalue weighted by atomic mass is 9.84. The molecule has 1 aromatic carbocycles. The molecule has 0 heterocycles. The Hall–Kier alpha value is -1.65. The second-order valence-corrected chi connectivity index (χ2v) is 8.47. The van der Waals surface area contributed by atoms with Crippen LogP contribution in [0.25, 0.3) is 0 Å². The van der Waals surface area contributed by atoms with Gasteiger partial charge in [0.1, 0.15) is 0 Å². The molecule has 1 saturated carbocycles. The number of alkyl halides is 3. The summed E-state index contributed by atoms with van der Waals surface area (Å²) in [5.41, 5.74) is 6.39. The molecule has 0 spiro atoms. The highest BCUT2D eigenvalue weighted by molar-refractivity contribution is 7.89. The molecule has 1 aromatic rings. The standard InChI is InChI=1S/C17H24F3N3O3S/c18-17(19,20)10-11-22-27(25,26)14-8-6-13(7-9-14)23-16(24)15(21)12-4-2-1-3-5-12/h6-9,12,15,22H,1-5,10-11,21H2,(H,23,24)/t15-/m0/s1. The van der Waals surface area contributed by atoms with Gasteiger partial charge >= 0.3 is 6.18 Å². The van der Waals surface area contributed by atoms with Crippen LogP contribution in [0.2, 0.25) is 0 Å². The van der Waals surface area contributed by atoms with E-state index >= 15 is 0 Å². The number of nitrogens with two attached hydrogens (primary N) is 1. The molecular formula is C17H24F3N3O3S. The normalized spacial score (nSPS) is 17.5. The fourth-order valence-corrected chi connectivity index (χ4v) is 4.09. The number of sulfonamides is 1. The van der Waals surface area contributed by atoms with Gasteiger partial charge in [-0.25, -0.2) is 13.1 Å². The van der Waals surface area contributed by atoms with Gasteiger partial charge in [-0.1, -0.05) is 19.3 Å². The molecule has 152 valence electrons. The van der Waals surface area contributed by atoms with E-state index in [0.29, 0.717) is 5.69 Å². The van der Waals surface area contributed by atoms with Crippen LogP contribution in [0.15, 0.2) is 29.2 Å². The van der Waals surface area contributed by atoms with Crippen LogP contribution in [-0.4, -0.2) is 33.1 Å². The van der Waals surface area contributed by atoms with E-state index in [-0.39, 0.29) is 16.7 Å².